The SMILES string of the molecule is CCC(C)c1ccc(C(=O)Nc2cnc3ccccc3c2)cc1. The molecule has 1 heterocycles. The number of benzene rings is 2. The molecule has 2 aromatic carbocycles. The van der Waals surface area contributed by atoms with Crippen molar-refractivity contribution in [3.63, 3.8) is 0 Å². The number of rotatable bonds is 4. The molecule has 0 aliphatic heterocycles. The lowest BCUT2D eigenvalue weighted by molar-refractivity contribution is 0.102. The maximum absolute atomic E-state index is 12.4. The standard InChI is InChI=1S/C20H20N2O/c1-3-14(2)15-8-10-16(11-9-15)20(23)22-18-12-17-6-4-5-7-19(17)21-13-18/h4-14H,3H2,1-2H3,(H,22,23). The summed E-state index contributed by atoms with van der Waals surface area (Å²) in [6, 6.07) is 17.6. The largest absolute Gasteiger partial charge is 0.321 e. The smallest absolute Gasteiger partial charge is 0.255 e. The van der Waals surface area contributed by atoms with Crippen LogP contribution < -0.4 is 5.32 Å². The molecule has 0 aliphatic rings. The fraction of sp³-hybridized carbons (Fsp3) is 0.200. The average molecular weight is 304 g/mol. The van der Waals surface area contributed by atoms with Gasteiger partial charge in [-0.2, -0.15) is 0 Å². The predicted octanol–water partition coefficient (Wildman–Crippen LogP) is 5.00. The lowest BCUT2D eigenvalue weighted by Gasteiger charge is -2.10. The highest BCUT2D eigenvalue weighted by Gasteiger charge is 2.08. The fourth-order valence-electron chi connectivity index (χ4n) is 2.54. The number of carbonyl (C=O) groups is 1. The zero-order valence-corrected chi connectivity index (χ0v) is 13.4. The maximum atomic E-state index is 12.4. The molecule has 0 radical (unpaired) electrons. The minimum absolute atomic E-state index is 0.113. The monoisotopic (exact) mass is 304 g/mol. The highest BCUT2D eigenvalue weighted by Crippen LogP contribution is 2.20. The van der Waals surface area contributed by atoms with E-state index in [-0.39, 0.29) is 5.91 Å². The molecule has 1 N–H and O–H groups in total. The van der Waals surface area contributed by atoms with Crippen LogP contribution in [0.4, 0.5) is 5.69 Å². The highest BCUT2D eigenvalue weighted by atomic mass is 16.1. The second-order valence-electron chi connectivity index (χ2n) is 5.80. The van der Waals surface area contributed by atoms with Crippen molar-refractivity contribution in [3.8, 4) is 0 Å². The van der Waals surface area contributed by atoms with Gasteiger partial charge in [0.2, 0.25) is 0 Å². The van der Waals surface area contributed by atoms with Gasteiger partial charge in [-0.1, -0.05) is 44.2 Å². The first-order valence-electron chi connectivity index (χ1n) is 7.93. The molecule has 116 valence electrons. The number of carbonyl (C=O) groups excluding carboxylic acids is 1. The second-order valence-corrected chi connectivity index (χ2v) is 5.80. The third-order valence-electron chi connectivity index (χ3n) is 4.20. The van der Waals surface area contributed by atoms with Gasteiger partial charge in [-0.15, -0.1) is 0 Å². The molecule has 3 aromatic rings. The number of pyridine rings is 1. The normalized spacial score (nSPS) is 12.1. The number of nitrogens with zero attached hydrogens (tertiary/aromatic N) is 1. The van der Waals surface area contributed by atoms with Crippen LogP contribution >= 0.6 is 0 Å². The van der Waals surface area contributed by atoms with E-state index in [1.807, 2.05) is 54.6 Å². The summed E-state index contributed by atoms with van der Waals surface area (Å²) in [5.74, 6) is 0.398. The average Bonchev–Trinajstić information content (AvgIpc) is 2.61. The third-order valence-corrected chi connectivity index (χ3v) is 4.20. The molecule has 0 saturated carbocycles. The van der Waals surface area contributed by atoms with E-state index in [1.54, 1.807) is 6.20 Å². The quantitative estimate of drug-likeness (QED) is 0.737. The molecule has 0 fully saturated rings. The first-order valence-corrected chi connectivity index (χ1v) is 7.93. The van der Waals surface area contributed by atoms with Gasteiger partial charge in [0, 0.05) is 10.9 Å². The minimum Gasteiger partial charge on any atom is -0.321 e. The summed E-state index contributed by atoms with van der Waals surface area (Å²) in [4.78, 5) is 16.7. The van der Waals surface area contributed by atoms with Crippen LogP contribution in [0.3, 0.4) is 0 Å². The third kappa shape index (κ3) is 3.39. The fourth-order valence-corrected chi connectivity index (χ4v) is 2.54. The predicted molar refractivity (Wildman–Crippen MR) is 94.8 cm³/mol. The first kappa shape index (κ1) is 15.2. The van der Waals surface area contributed by atoms with Gasteiger partial charge in [-0.05, 0) is 42.2 Å². The van der Waals surface area contributed by atoms with E-state index in [0.29, 0.717) is 17.2 Å². The number of hydrogen-bond donors (Lipinski definition) is 1. The number of amides is 1. The molecule has 1 aromatic heterocycles. The topological polar surface area (TPSA) is 42.0 Å². The number of para-hydroxylation sites is 1. The van der Waals surface area contributed by atoms with E-state index >= 15 is 0 Å². The van der Waals surface area contributed by atoms with Gasteiger partial charge in [0.25, 0.3) is 5.91 Å². The van der Waals surface area contributed by atoms with Crippen molar-refractivity contribution in [2.24, 2.45) is 0 Å². The summed E-state index contributed by atoms with van der Waals surface area (Å²) in [6.07, 6.45) is 2.78. The van der Waals surface area contributed by atoms with Crippen molar-refractivity contribution >= 4 is 22.5 Å². The molecule has 0 spiro atoms. The number of aromatic nitrogens is 1. The highest BCUT2D eigenvalue weighted by molar-refractivity contribution is 6.04. The van der Waals surface area contributed by atoms with Crippen LogP contribution in [0, 0.1) is 0 Å². The Morgan fingerprint density at radius 2 is 1.87 bits per heavy atom. The summed E-state index contributed by atoms with van der Waals surface area (Å²) in [5.41, 5.74) is 3.55. The van der Waals surface area contributed by atoms with Gasteiger partial charge in [0.1, 0.15) is 0 Å². The van der Waals surface area contributed by atoms with Crippen molar-refractivity contribution in [1.29, 1.82) is 0 Å². The van der Waals surface area contributed by atoms with Crippen molar-refractivity contribution in [2.75, 3.05) is 5.32 Å². The Labute approximate surface area is 136 Å². The van der Waals surface area contributed by atoms with Crippen LogP contribution in [0.5, 0.6) is 0 Å². The van der Waals surface area contributed by atoms with Crippen LogP contribution in [0.25, 0.3) is 10.9 Å². The molecule has 3 heteroatoms. The number of nitrogens with one attached hydrogen (secondary N) is 1. The Balaban J connectivity index is 1.77. The molecule has 1 amide bonds. The molecule has 0 saturated heterocycles. The number of hydrogen-bond acceptors (Lipinski definition) is 2. The van der Waals surface area contributed by atoms with E-state index < -0.39 is 0 Å². The van der Waals surface area contributed by atoms with Crippen LogP contribution in [0.1, 0.15) is 42.1 Å². The number of fused-ring (bicyclic) bond motifs is 1. The van der Waals surface area contributed by atoms with Crippen LogP contribution in [0.2, 0.25) is 0 Å². The van der Waals surface area contributed by atoms with E-state index in [9.17, 15) is 4.79 Å². The number of anilines is 1. The second kappa shape index (κ2) is 6.61. The van der Waals surface area contributed by atoms with Crippen molar-refractivity contribution < 1.29 is 4.79 Å². The molecular formula is C20H20N2O. The van der Waals surface area contributed by atoms with Crippen LogP contribution in [-0.4, -0.2) is 10.9 Å². The summed E-state index contributed by atoms with van der Waals surface area (Å²) in [5, 5.41) is 3.92. The van der Waals surface area contributed by atoms with Gasteiger partial charge in [0.05, 0.1) is 17.4 Å². The molecule has 1 atom stereocenters. The minimum atomic E-state index is -0.113. The lowest BCUT2D eigenvalue weighted by Crippen LogP contribution is -2.12. The van der Waals surface area contributed by atoms with Crippen molar-refractivity contribution in [3.05, 3.63) is 71.9 Å². The Hall–Kier alpha value is -2.68. The molecule has 3 nitrogen and oxygen atoms in total. The van der Waals surface area contributed by atoms with Gasteiger partial charge in [-0.25, -0.2) is 0 Å². The Kier molecular flexibility index (Phi) is 4.38. The molecule has 1 unspecified atom stereocenters. The molecule has 23 heavy (non-hydrogen) atoms. The van der Waals surface area contributed by atoms with E-state index in [0.717, 1.165) is 17.3 Å². The summed E-state index contributed by atoms with van der Waals surface area (Å²) in [6.45, 7) is 4.35. The van der Waals surface area contributed by atoms with Gasteiger partial charge < -0.3 is 5.32 Å². The van der Waals surface area contributed by atoms with Crippen molar-refractivity contribution in [1.82, 2.24) is 4.98 Å². The van der Waals surface area contributed by atoms with E-state index in [2.05, 4.69) is 24.1 Å². The Morgan fingerprint density at radius 3 is 2.61 bits per heavy atom. The lowest BCUT2D eigenvalue weighted by atomic mass is 9.97. The zero-order valence-electron chi connectivity index (χ0n) is 13.4. The molecule has 0 aliphatic carbocycles. The van der Waals surface area contributed by atoms with Gasteiger partial charge in [0.15, 0.2) is 0 Å². The Morgan fingerprint density at radius 1 is 1.13 bits per heavy atom. The van der Waals surface area contributed by atoms with Gasteiger partial charge in [-0.3, -0.25) is 9.78 Å². The van der Waals surface area contributed by atoms with Crippen LogP contribution in [-0.2, 0) is 0 Å². The first-order chi connectivity index (χ1) is 11.2. The summed E-state index contributed by atoms with van der Waals surface area (Å²) >= 11 is 0. The zero-order chi connectivity index (χ0) is 16.2. The molecule has 3 rings (SSSR count). The van der Waals surface area contributed by atoms with E-state index in [1.165, 1.54) is 5.56 Å². The van der Waals surface area contributed by atoms with Crippen molar-refractivity contribution in [2.45, 2.75) is 26.2 Å². The van der Waals surface area contributed by atoms with Gasteiger partial charge >= 0.3 is 0 Å². The summed E-state index contributed by atoms with van der Waals surface area (Å²) < 4.78 is 0. The van der Waals surface area contributed by atoms with Crippen LogP contribution in [0.15, 0.2) is 60.8 Å². The Bertz CT molecular complexity index is 824. The summed E-state index contributed by atoms with van der Waals surface area (Å²) in [7, 11) is 0. The van der Waals surface area contributed by atoms with E-state index in [4.69, 9.17) is 0 Å². The maximum Gasteiger partial charge on any atom is 0.255 e. The molecule has 0 bridgehead atoms. The molecular weight excluding hydrogens is 284 g/mol.